The Morgan fingerprint density at radius 3 is 2.48 bits per heavy atom. The highest BCUT2D eigenvalue weighted by Gasteiger charge is 2.23. The van der Waals surface area contributed by atoms with Crippen LogP contribution < -0.4 is 10.1 Å². The zero-order valence-electron chi connectivity index (χ0n) is 14.2. The summed E-state index contributed by atoms with van der Waals surface area (Å²) in [5.74, 6) is 0.309. The van der Waals surface area contributed by atoms with Gasteiger partial charge in [0.2, 0.25) is 0 Å². The first kappa shape index (κ1) is 17.3. The van der Waals surface area contributed by atoms with E-state index in [1.165, 1.54) is 6.07 Å². The average Bonchev–Trinajstić information content (AvgIpc) is 2.67. The van der Waals surface area contributed by atoms with E-state index >= 15 is 0 Å². The third kappa shape index (κ3) is 4.95. The molecule has 0 atom stereocenters. The van der Waals surface area contributed by atoms with Crippen LogP contribution in [0.1, 0.15) is 18.4 Å². The van der Waals surface area contributed by atoms with E-state index in [-0.39, 0.29) is 11.8 Å². The lowest BCUT2D eigenvalue weighted by Gasteiger charge is -2.32. The van der Waals surface area contributed by atoms with E-state index < -0.39 is 0 Å². The number of urea groups is 1. The smallest absolute Gasteiger partial charge is 0.317 e. The van der Waals surface area contributed by atoms with E-state index in [1.807, 2.05) is 35.2 Å². The molecule has 25 heavy (non-hydrogen) atoms. The standard InChI is InChI=1S/C20H23FN2O2/c21-18-8-4-5-9-19(18)25-15-17-10-12-23(13-11-17)20(24)22-14-16-6-2-1-3-7-16/h1-9,17H,10-15H2,(H,22,24). The van der Waals surface area contributed by atoms with Crippen LogP contribution in [0, 0.1) is 11.7 Å². The van der Waals surface area contributed by atoms with Crippen molar-refractivity contribution in [2.75, 3.05) is 19.7 Å². The zero-order chi connectivity index (χ0) is 17.5. The number of halogens is 1. The van der Waals surface area contributed by atoms with Crippen LogP contribution in [0.15, 0.2) is 54.6 Å². The van der Waals surface area contributed by atoms with Gasteiger partial charge in [0.15, 0.2) is 11.6 Å². The second-order valence-corrected chi connectivity index (χ2v) is 6.32. The number of rotatable bonds is 5. The summed E-state index contributed by atoms with van der Waals surface area (Å²) in [5, 5.41) is 2.95. The van der Waals surface area contributed by atoms with Crippen molar-refractivity contribution in [1.82, 2.24) is 10.2 Å². The van der Waals surface area contributed by atoms with Gasteiger partial charge in [-0.25, -0.2) is 9.18 Å². The molecular formula is C20H23FN2O2. The molecule has 1 aliphatic rings. The lowest BCUT2D eigenvalue weighted by Crippen LogP contribution is -2.44. The lowest BCUT2D eigenvalue weighted by atomic mass is 9.98. The summed E-state index contributed by atoms with van der Waals surface area (Å²) in [7, 11) is 0. The minimum absolute atomic E-state index is 0.0303. The number of ether oxygens (including phenoxy) is 1. The molecule has 2 aromatic carbocycles. The second-order valence-electron chi connectivity index (χ2n) is 6.32. The van der Waals surface area contributed by atoms with Crippen LogP contribution in [-0.2, 0) is 6.54 Å². The molecule has 132 valence electrons. The molecule has 3 rings (SSSR count). The normalized spacial score (nSPS) is 15.0. The summed E-state index contributed by atoms with van der Waals surface area (Å²) >= 11 is 0. The quantitative estimate of drug-likeness (QED) is 0.897. The molecule has 0 spiro atoms. The van der Waals surface area contributed by atoms with E-state index in [4.69, 9.17) is 4.74 Å². The molecule has 0 saturated carbocycles. The van der Waals surface area contributed by atoms with Gasteiger partial charge in [-0.3, -0.25) is 0 Å². The number of benzene rings is 2. The van der Waals surface area contributed by atoms with E-state index in [1.54, 1.807) is 18.2 Å². The van der Waals surface area contributed by atoms with Crippen LogP contribution in [-0.4, -0.2) is 30.6 Å². The van der Waals surface area contributed by atoms with Crippen molar-refractivity contribution in [2.24, 2.45) is 5.92 Å². The van der Waals surface area contributed by atoms with Crippen LogP contribution in [0.3, 0.4) is 0 Å². The number of carbonyl (C=O) groups excluding carboxylic acids is 1. The number of amides is 2. The molecule has 1 saturated heterocycles. The number of piperidine rings is 1. The predicted octanol–water partition coefficient (Wildman–Crippen LogP) is 3.83. The van der Waals surface area contributed by atoms with Crippen molar-refractivity contribution in [3.05, 3.63) is 66.0 Å². The Bertz CT molecular complexity index is 685. The third-order valence-electron chi connectivity index (χ3n) is 4.50. The number of nitrogens with zero attached hydrogens (tertiary/aromatic N) is 1. The average molecular weight is 342 g/mol. The molecule has 1 N–H and O–H groups in total. The van der Waals surface area contributed by atoms with Gasteiger partial charge >= 0.3 is 6.03 Å². The number of carbonyl (C=O) groups is 1. The molecule has 1 heterocycles. The molecule has 4 nitrogen and oxygen atoms in total. The van der Waals surface area contributed by atoms with Crippen LogP contribution in [0.2, 0.25) is 0 Å². The first-order chi connectivity index (χ1) is 12.2. The highest BCUT2D eigenvalue weighted by Crippen LogP contribution is 2.21. The fourth-order valence-corrected chi connectivity index (χ4v) is 2.96. The van der Waals surface area contributed by atoms with Crippen LogP contribution >= 0.6 is 0 Å². The number of hydrogen-bond acceptors (Lipinski definition) is 2. The summed E-state index contributed by atoms with van der Waals surface area (Å²) in [6.07, 6.45) is 1.74. The van der Waals surface area contributed by atoms with Gasteiger partial charge in [-0.1, -0.05) is 42.5 Å². The lowest BCUT2D eigenvalue weighted by molar-refractivity contribution is 0.143. The Morgan fingerprint density at radius 2 is 1.76 bits per heavy atom. The molecule has 2 amide bonds. The SMILES string of the molecule is O=C(NCc1ccccc1)N1CCC(COc2ccccc2F)CC1. The Balaban J connectivity index is 1.39. The molecular weight excluding hydrogens is 319 g/mol. The van der Waals surface area contributed by atoms with E-state index in [9.17, 15) is 9.18 Å². The number of likely N-dealkylation sites (tertiary alicyclic amines) is 1. The van der Waals surface area contributed by atoms with Crippen molar-refractivity contribution in [2.45, 2.75) is 19.4 Å². The summed E-state index contributed by atoms with van der Waals surface area (Å²) in [4.78, 5) is 14.1. The molecule has 0 radical (unpaired) electrons. The molecule has 0 unspecified atom stereocenters. The monoisotopic (exact) mass is 342 g/mol. The molecule has 5 heteroatoms. The fourth-order valence-electron chi connectivity index (χ4n) is 2.96. The second kappa shape index (κ2) is 8.51. The van der Waals surface area contributed by atoms with Gasteiger partial charge in [0, 0.05) is 19.6 Å². The first-order valence-electron chi connectivity index (χ1n) is 8.66. The highest BCUT2D eigenvalue weighted by atomic mass is 19.1. The Kier molecular flexibility index (Phi) is 5.88. The van der Waals surface area contributed by atoms with E-state index in [0.717, 1.165) is 18.4 Å². The van der Waals surface area contributed by atoms with Gasteiger partial charge in [-0.15, -0.1) is 0 Å². The third-order valence-corrected chi connectivity index (χ3v) is 4.50. The predicted molar refractivity (Wildman–Crippen MR) is 94.9 cm³/mol. The van der Waals surface area contributed by atoms with Gasteiger partial charge in [0.25, 0.3) is 0 Å². The summed E-state index contributed by atoms with van der Waals surface area (Å²) in [6, 6.07) is 16.3. The van der Waals surface area contributed by atoms with Gasteiger partial charge in [-0.2, -0.15) is 0 Å². The fraction of sp³-hybridized carbons (Fsp3) is 0.350. The maximum Gasteiger partial charge on any atom is 0.317 e. The van der Waals surface area contributed by atoms with Crippen molar-refractivity contribution < 1.29 is 13.9 Å². The summed E-state index contributed by atoms with van der Waals surface area (Å²) < 4.78 is 19.1. The molecule has 0 aliphatic carbocycles. The van der Waals surface area contributed by atoms with Crippen LogP contribution in [0.4, 0.5) is 9.18 Å². The molecule has 0 aromatic heterocycles. The zero-order valence-corrected chi connectivity index (χ0v) is 14.2. The minimum atomic E-state index is -0.333. The Labute approximate surface area is 147 Å². The minimum Gasteiger partial charge on any atom is -0.490 e. The van der Waals surface area contributed by atoms with Crippen molar-refractivity contribution in [3.8, 4) is 5.75 Å². The van der Waals surface area contributed by atoms with Crippen molar-refractivity contribution in [1.29, 1.82) is 0 Å². The highest BCUT2D eigenvalue weighted by molar-refractivity contribution is 5.74. The summed E-state index contributed by atoms with van der Waals surface area (Å²) in [6.45, 7) is 2.42. The topological polar surface area (TPSA) is 41.6 Å². The van der Waals surface area contributed by atoms with E-state index in [0.29, 0.717) is 37.9 Å². The maximum absolute atomic E-state index is 13.6. The molecule has 1 aliphatic heterocycles. The molecule has 1 fully saturated rings. The number of para-hydroxylation sites is 1. The molecule has 0 bridgehead atoms. The van der Waals surface area contributed by atoms with Gasteiger partial charge < -0.3 is 15.0 Å². The Morgan fingerprint density at radius 1 is 1.08 bits per heavy atom. The number of nitrogens with one attached hydrogen (secondary N) is 1. The van der Waals surface area contributed by atoms with Gasteiger partial charge in [0.1, 0.15) is 0 Å². The summed E-state index contributed by atoms with van der Waals surface area (Å²) in [5.41, 5.74) is 1.09. The van der Waals surface area contributed by atoms with Crippen LogP contribution in [0.5, 0.6) is 5.75 Å². The van der Waals surface area contributed by atoms with Crippen LogP contribution in [0.25, 0.3) is 0 Å². The largest absolute Gasteiger partial charge is 0.490 e. The first-order valence-corrected chi connectivity index (χ1v) is 8.66. The molecule has 2 aromatic rings. The maximum atomic E-state index is 13.6. The van der Waals surface area contributed by atoms with Crippen molar-refractivity contribution in [3.63, 3.8) is 0 Å². The Hall–Kier alpha value is -2.56. The van der Waals surface area contributed by atoms with E-state index in [2.05, 4.69) is 5.32 Å². The number of hydrogen-bond donors (Lipinski definition) is 1. The van der Waals surface area contributed by atoms with Crippen molar-refractivity contribution >= 4 is 6.03 Å². The van der Waals surface area contributed by atoms with Gasteiger partial charge in [0.05, 0.1) is 6.61 Å². The van der Waals surface area contributed by atoms with Gasteiger partial charge in [-0.05, 0) is 36.5 Å².